The molecule has 1 heterocycles. The third-order valence-corrected chi connectivity index (χ3v) is 6.73. The first kappa shape index (κ1) is 27.7. The first-order chi connectivity index (χ1) is 16.0. The molecule has 0 radical (unpaired) electrons. The molecule has 1 amide bonds. The van der Waals surface area contributed by atoms with Crippen LogP contribution in [0, 0.1) is 0 Å². The van der Waals surface area contributed by atoms with Crippen LogP contribution in [0.4, 0.5) is 0 Å². The molecule has 0 unspecified atom stereocenters. The van der Waals surface area contributed by atoms with Crippen LogP contribution in [0.25, 0.3) is 6.08 Å². The molecule has 1 saturated heterocycles. The number of rotatable bonds is 16. The summed E-state index contributed by atoms with van der Waals surface area (Å²) in [7, 11) is 3.63. The molecule has 0 atom stereocenters. The number of hydrazine groups is 1. The monoisotopic (exact) mass is 492 g/mol. The fourth-order valence-electron chi connectivity index (χ4n) is 3.58. The van der Waals surface area contributed by atoms with Gasteiger partial charge in [-0.15, -0.1) is 0 Å². The fraction of sp³-hybridized carbons (Fsp3) is 0.615. The Morgan fingerprint density at radius 3 is 2.03 bits per heavy atom. The number of hydrogen-bond donors (Lipinski definition) is 0. The van der Waals surface area contributed by atoms with Crippen LogP contribution in [0.1, 0.15) is 83.6 Å². The van der Waals surface area contributed by atoms with Crippen molar-refractivity contribution in [1.29, 1.82) is 0 Å². The van der Waals surface area contributed by atoms with E-state index in [9.17, 15) is 4.79 Å². The van der Waals surface area contributed by atoms with E-state index >= 15 is 0 Å². The minimum atomic E-state index is -0.0965. The van der Waals surface area contributed by atoms with Gasteiger partial charge in [-0.25, -0.2) is 10.0 Å². The van der Waals surface area contributed by atoms with Crippen molar-refractivity contribution in [1.82, 2.24) is 10.0 Å². The smallest absolute Gasteiger partial charge is 0.280 e. The summed E-state index contributed by atoms with van der Waals surface area (Å²) < 4.78 is 12.8. The number of ether oxygens (including phenoxy) is 2. The molecule has 0 bridgehead atoms. The quantitative estimate of drug-likeness (QED) is 0.140. The molecule has 0 saturated carbocycles. The van der Waals surface area contributed by atoms with Crippen molar-refractivity contribution in [3.05, 3.63) is 28.7 Å². The summed E-state index contributed by atoms with van der Waals surface area (Å²) >= 11 is 6.68. The Bertz CT molecular complexity index is 796. The second-order valence-electron chi connectivity index (χ2n) is 8.57. The van der Waals surface area contributed by atoms with E-state index in [0.29, 0.717) is 22.4 Å². The van der Waals surface area contributed by atoms with Gasteiger partial charge in [0.2, 0.25) is 0 Å². The molecule has 7 heteroatoms. The first-order valence-corrected chi connectivity index (χ1v) is 13.5. The van der Waals surface area contributed by atoms with Crippen molar-refractivity contribution in [3.63, 3.8) is 0 Å². The number of nitrogens with zero attached hydrogens (tertiary/aromatic N) is 2. The van der Waals surface area contributed by atoms with Gasteiger partial charge in [-0.1, -0.05) is 95.3 Å². The van der Waals surface area contributed by atoms with Crippen LogP contribution >= 0.6 is 24.0 Å². The molecule has 33 heavy (non-hydrogen) atoms. The van der Waals surface area contributed by atoms with Crippen molar-refractivity contribution in [2.75, 3.05) is 27.3 Å². The second kappa shape index (κ2) is 15.4. The highest BCUT2D eigenvalue weighted by Gasteiger charge is 2.33. The Morgan fingerprint density at radius 2 is 1.48 bits per heavy atom. The molecule has 0 N–H and O–H groups in total. The van der Waals surface area contributed by atoms with E-state index < -0.39 is 0 Å². The van der Waals surface area contributed by atoms with Gasteiger partial charge >= 0.3 is 0 Å². The molecule has 0 aromatic heterocycles. The first-order valence-electron chi connectivity index (χ1n) is 12.3. The molecular formula is C26H40N2O3S2. The standard InChI is InChI=1S/C26H40N2O3S2/c1-5-7-9-11-13-17-30-22-16-15-21(19-23(22)31-18-14-12-10-8-6-2)20-24-25(29)28(27(3)4)26(32)33-24/h15-16,19-20H,5-14,17-18H2,1-4H3. The average molecular weight is 493 g/mol. The molecule has 5 nitrogen and oxygen atoms in total. The van der Waals surface area contributed by atoms with Gasteiger partial charge in [0.05, 0.1) is 18.1 Å². The summed E-state index contributed by atoms with van der Waals surface area (Å²) in [5.41, 5.74) is 0.908. The zero-order valence-corrected chi connectivity index (χ0v) is 22.4. The van der Waals surface area contributed by atoms with Gasteiger partial charge in [-0.3, -0.25) is 4.79 Å². The average Bonchev–Trinajstić information content (AvgIpc) is 3.07. The number of hydrogen-bond acceptors (Lipinski definition) is 6. The minimum absolute atomic E-state index is 0.0965. The summed E-state index contributed by atoms with van der Waals surface area (Å²) in [6, 6.07) is 5.90. The number of thioether (sulfide) groups is 1. The zero-order valence-electron chi connectivity index (χ0n) is 20.7. The Labute approximate surface area is 209 Å². The number of benzene rings is 1. The summed E-state index contributed by atoms with van der Waals surface area (Å²) in [5, 5.41) is 3.22. The number of unbranched alkanes of at least 4 members (excludes halogenated alkanes) is 8. The lowest BCUT2D eigenvalue weighted by Crippen LogP contribution is -2.39. The lowest BCUT2D eigenvalue weighted by atomic mass is 10.1. The van der Waals surface area contributed by atoms with Crippen molar-refractivity contribution in [3.8, 4) is 11.5 Å². The summed E-state index contributed by atoms with van der Waals surface area (Å²) in [6.45, 7) is 5.81. The minimum Gasteiger partial charge on any atom is -0.490 e. The van der Waals surface area contributed by atoms with Crippen molar-refractivity contribution >= 4 is 40.3 Å². The molecule has 0 spiro atoms. The van der Waals surface area contributed by atoms with E-state index in [4.69, 9.17) is 21.7 Å². The topological polar surface area (TPSA) is 42.0 Å². The van der Waals surface area contributed by atoms with E-state index in [-0.39, 0.29) is 5.91 Å². The highest BCUT2D eigenvalue weighted by molar-refractivity contribution is 8.26. The summed E-state index contributed by atoms with van der Waals surface area (Å²) in [5.74, 6) is 1.42. The van der Waals surface area contributed by atoms with Crippen LogP contribution < -0.4 is 9.47 Å². The molecule has 1 aliphatic rings. The van der Waals surface area contributed by atoms with Gasteiger partial charge in [-0.2, -0.15) is 0 Å². The van der Waals surface area contributed by atoms with Crippen LogP contribution in [-0.2, 0) is 4.79 Å². The van der Waals surface area contributed by atoms with Gasteiger partial charge in [0.15, 0.2) is 15.8 Å². The Balaban J connectivity index is 2.06. The Morgan fingerprint density at radius 1 is 0.909 bits per heavy atom. The van der Waals surface area contributed by atoms with E-state index in [2.05, 4.69) is 13.8 Å². The highest BCUT2D eigenvalue weighted by Crippen LogP contribution is 2.35. The molecule has 2 rings (SSSR count). The van der Waals surface area contributed by atoms with Gasteiger partial charge in [0.1, 0.15) is 0 Å². The number of carbonyl (C=O) groups is 1. The van der Waals surface area contributed by atoms with Crippen LogP contribution in [-0.4, -0.2) is 47.6 Å². The second-order valence-corrected chi connectivity index (χ2v) is 10.2. The van der Waals surface area contributed by atoms with E-state index in [1.807, 2.05) is 38.4 Å². The number of thiocarbonyl (C=S) groups is 1. The van der Waals surface area contributed by atoms with Crippen LogP contribution in [0.5, 0.6) is 11.5 Å². The molecule has 184 valence electrons. The SMILES string of the molecule is CCCCCCCOc1ccc(C=C2SC(=S)N(N(C)C)C2=O)cc1OCCCCCCC. The largest absolute Gasteiger partial charge is 0.490 e. The fourth-order valence-corrected chi connectivity index (χ4v) is 4.98. The zero-order chi connectivity index (χ0) is 24.1. The van der Waals surface area contributed by atoms with E-state index in [1.165, 1.54) is 68.1 Å². The normalized spacial score (nSPS) is 15.2. The number of carbonyl (C=O) groups excluding carboxylic acids is 1. The van der Waals surface area contributed by atoms with Crippen LogP contribution in [0.15, 0.2) is 23.1 Å². The predicted octanol–water partition coefficient (Wildman–Crippen LogP) is 7.06. The molecule has 0 aliphatic carbocycles. The predicted molar refractivity (Wildman–Crippen MR) is 144 cm³/mol. The van der Waals surface area contributed by atoms with Crippen molar-refractivity contribution in [2.45, 2.75) is 78.1 Å². The molecule has 1 aliphatic heterocycles. The van der Waals surface area contributed by atoms with Crippen molar-refractivity contribution in [2.24, 2.45) is 0 Å². The van der Waals surface area contributed by atoms with E-state index in [1.54, 1.807) is 5.01 Å². The van der Waals surface area contributed by atoms with Crippen LogP contribution in [0.2, 0.25) is 0 Å². The molecule has 1 aromatic rings. The lowest BCUT2D eigenvalue weighted by molar-refractivity contribution is -0.130. The van der Waals surface area contributed by atoms with Gasteiger partial charge in [-0.05, 0) is 36.6 Å². The summed E-state index contributed by atoms with van der Waals surface area (Å²) in [6.07, 6.45) is 13.8. The van der Waals surface area contributed by atoms with Crippen molar-refractivity contribution < 1.29 is 14.3 Å². The van der Waals surface area contributed by atoms with Gasteiger partial charge < -0.3 is 9.47 Å². The third-order valence-electron chi connectivity index (χ3n) is 5.45. The van der Waals surface area contributed by atoms with E-state index in [0.717, 1.165) is 29.9 Å². The summed E-state index contributed by atoms with van der Waals surface area (Å²) in [4.78, 5) is 13.3. The highest BCUT2D eigenvalue weighted by atomic mass is 32.2. The molecule has 1 aromatic carbocycles. The molecular weight excluding hydrogens is 452 g/mol. The Kier molecular flexibility index (Phi) is 12.9. The van der Waals surface area contributed by atoms with Crippen LogP contribution in [0.3, 0.4) is 0 Å². The maximum absolute atomic E-state index is 12.7. The maximum Gasteiger partial charge on any atom is 0.280 e. The molecule has 1 fully saturated rings. The lowest BCUT2D eigenvalue weighted by Gasteiger charge is -2.21. The van der Waals surface area contributed by atoms with Gasteiger partial charge in [0, 0.05) is 14.1 Å². The van der Waals surface area contributed by atoms with Gasteiger partial charge in [0.25, 0.3) is 5.91 Å². The third kappa shape index (κ3) is 9.30. The Hall–Kier alpha value is -1.57. The number of amides is 1. The maximum atomic E-state index is 12.7.